The van der Waals surface area contributed by atoms with Crippen LogP contribution < -0.4 is 0 Å². The van der Waals surface area contributed by atoms with Crippen molar-refractivity contribution in [2.24, 2.45) is 5.92 Å². The highest BCUT2D eigenvalue weighted by molar-refractivity contribution is 5.85. The molecule has 3 aromatic carbocycles. The molecule has 0 radical (unpaired) electrons. The summed E-state index contributed by atoms with van der Waals surface area (Å²) in [6.07, 6.45) is 15.7. The topological polar surface area (TPSA) is 0 Å². The fraction of sp³-hybridized carbons (Fsp3) is 0.412. The predicted molar refractivity (Wildman–Crippen MR) is 148 cm³/mol. The molecule has 1 aliphatic rings. The van der Waals surface area contributed by atoms with Crippen molar-refractivity contribution in [3.05, 3.63) is 95.3 Å². The van der Waals surface area contributed by atoms with Crippen molar-refractivity contribution in [3.63, 3.8) is 0 Å². The average Bonchev–Trinajstić information content (AvgIpc) is 2.90. The maximum atomic E-state index is 15.2. The van der Waals surface area contributed by atoms with Gasteiger partial charge in [-0.05, 0) is 97.9 Å². The van der Waals surface area contributed by atoms with Crippen LogP contribution in [-0.4, -0.2) is 0 Å². The Morgan fingerprint density at radius 3 is 2.46 bits per heavy atom. The van der Waals surface area contributed by atoms with Crippen LogP contribution in [0.5, 0.6) is 0 Å². The first-order chi connectivity index (χ1) is 17.2. The molecule has 0 heterocycles. The van der Waals surface area contributed by atoms with Gasteiger partial charge in [-0.3, -0.25) is 0 Å². The summed E-state index contributed by atoms with van der Waals surface area (Å²) >= 11 is 0. The summed E-state index contributed by atoms with van der Waals surface area (Å²) in [5.41, 5.74) is 4.11. The molecule has 0 saturated heterocycles. The molecule has 1 aliphatic carbocycles. The second-order valence-electron chi connectivity index (χ2n) is 10.2. The Kier molecular flexibility index (Phi) is 9.19. The summed E-state index contributed by atoms with van der Waals surface area (Å²) in [6.45, 7) is 6.08. The zero-order chi connectivity index (χ0) is 24.5. The Labute approximate surface area is 211 Å². The summed E-state index contributed by atoms with van der Waals surface area (Å²) in [4.78, 5) is 0. The van der Waals surface area contributed by atoms with E-state index in [4.69, 9.17) is 0 Å². The molecule has 4 rings (SSSR count). The van der Waals surface area contributed by atoms with Gasteiger partial charge in [-0.15, -0.1) is 6.58 Å². The van der Waals surface area contributed by atoms with Gasteiger partial charge in [-0.1, -0.05) is 80.5 Å². The first-order valence-electron chi connectivity index (χ1n) is 13.6. The van der Waals surface area contributed by atoms with Crippen molar-refractivity contribution in [2.45, 2.75) is 83.5 Å². The SMILES string of the molecule is C=CCCC1CCC(c2ccc(C#Cc3ccc4cc(CCCCCC)ccc4c3F)cc2)CC1. The molecule has 182 valence electrons. The van der Waals surface area contributed by atoms with Gasteiger partial charge in [0, 0.05) is 10.9 Å². The van der Waals surface area contributed by atoms with E-state index in [1.807, 2.05) is 24.3 Å². The Bertz CT molecular complexity index is 1170. The number of fused-ring (bicyclic) bond motifs is 1. The number of hydrogen-bond donors (Lipinski definition) is 0. The molecule has 0 atom stereocenters. The minimum atomic E-state index is -0.211. The molecule has 0 amide bonds. The fourth-order valence-electron chi connectivity index (χ4n) is 5.47. The van der Waals surface area contributed by atoms with Crippen LogP contribution in [0.15, 0.2) is 67.3 Å². The van der Waals surface area contributed by atoms with Crippen LogP contribution >= 0.6 is 0 Å². The van der Waals surface area contributed by atoms with Crippen molar-refractivity contribution >= 4 is 10.8 Å². The number of allylic oxidation sites excluding steroid dienone is 1. The van der Waals surface area contributed by atoms with Crippen molar-refractivity contribution < 1.29 is 4.39 Å². The van der Waals surface area contributed by atoms with Crippen LogP contribution in [0.3, 0.4) is 0 Å². The Morgan fingerprint density at radius 1 is 0.914 bits per heavy atom. The average molecular weight is 467 g/mol. The third-order valence-corrected chi connectivity index (χ3v) is 7.69. The second-order valence-corrected chi connectivity index (χ2v) is 10.2. The van der Waals surface area contributed by atoms with Gasteiger partial charge in [-0.2, -0.15) is 0 Å². The molecule has 1 heteroatoms. The molecule has 0 nitrogen and oxygen atoms in total. The summed E-state index contributed by atoms with van der Waals surface area (Å²) in [5.74, 6) is 7.57. The van der Waals surface area contributed by atoms with Gasteiger partial charge in [0.05, 0.1) is 5.56 Å². The van der Waals surface area contributed by atoms with Crippen LogP contribution in [0.2, 0.25) is 0 Å². The third-order valence-electron chi connectivity index (χ3n) is 7.69. The first kappa shape index (κ1) is 25.2. The van der Waals surface area contributed by atoms with Gasteiger partial charge in [0.1, 0.15) is 5.82 Å². The molecular formula is C34H39F. The summed E-state index contributed by atoms with van der Waals surface area (Å²) in [7, 11) is 0. The largest absolute Gasteiger partial charge is 0.205 e. The predicted octanol–water partition coefficient (Wildman–Crippen LogP) is 9.74. The van der Waals surface area contributed by atoms with E-state index in [2.05, 4.69) is 61.7 Å². The number of unbranched alkanes of at least 4 members (excludes halogenated alkanes) is 3. The lowest BCUT2D eigenvalue weighted by atomic mass is 9.77. The normalized spacial score (nSPS) is 17.7. The molecule has 0 aliphatic heterocycles. The molecule has 0 spiro atoms. The molecule has 35 heavy (non-hydrogen) atoms. The van der Waals surface area contributed by atoms with Gasteiger partial charge in [0.25, 0.3) is 0 Å². The number of benzene rings is 3. The van der Waals surface area contributed by atoms with E-state index in [9.17, 15) is 0 Å². The minimum Gasteiger partial charge on any atom is -0.205 e. The summed E-state index contributed by atoms with van der Waals surface area (Å²) in [6, 6.07) is 18.6. The van der Waals surface area contributed by atoms with Crippen molar-refractivity contribution in [1.29, 1.82) is 0 Å². The van der Waals surface area contributed by atoms with Crippen molar-refractivity contribution in [2.75, 3.05) is 0 Å². The molecular weight excluding hydrogens is 427 g/mol. The number of hydrogen-bond acceptors (Lipinski definition) is 0. The quantitative estimate of drug-likeness (QED) is 0.167. The third kappa shape index (κ3) is 6.85. The Morgan fingerprint density at radius 2 is 1.71 bits per heavy atom. The lowest BCUT2D eigenvalue weighted by Crippen LogP contribution is -2.13. The van der Waals surface area contributed by atoms with Gasteiger partial charge < -0.3 is 0 Å². The van der Waals surface area contributed by atoms with E-state index >= 15 is 4.39 Å². The van der Waals surface area contributed by atoms with Crippen molar-refractivity contribution in [3.8, 4) is 11.8 Å². The van der Waals surface area contributed by atoms with E-state index in [1.165, 1.54) is 68.9 Å². The zero-order valence-electron chi connectivity index (χ0n) is 21.3. The molecule has 0 unspecified atom stereocenters. The van der Waals surface area contributed by atoms with Gasteiger partial charge in [0.15, 0.2) is 0 Å². The van der Waals surface area contributed by atoms with Crippen LogP contribution in [0.25, 0.3) is 10.8 Å². The minimum absolute atomic E-state index is 0.211. The molecule has 3 aromatic rings. The standard InChI is InChI=1S/C34H39F/c1-3-5-7-8-10-28-16-24-33-32(25-28)23-22-31(34(33)35)21-15-27-13-19-30(20-14-27)29-17-11-26(12-18-29)9-6-4-2/h4,13-14,16,19-20,22-26,29H,2-3,5-12,17-18H2,1H3. The van der Waals surface area contributed by atoms with Crippen LogP contribution in [-0.2, 0) is 6.42 Å². The molecule has 1 saturated carbocycles. The number of halogens is 1. The van der Waals surface area contributed by atoms with E-state index in [0.29, 0.717) is 16.9 Å². The van der Waals surface area contributed by atoms with E-state index in [0.717, 1.165) is 29.7 Å². The molecule has 0 N–H and O–H groups in total. The Hall–Kier alpha value is -2.85. The molecule has 0 aromatic heterocycles. The second kappa shape index (κ2) is 12.7. The van der Waals surface area contributed by atoms with Crippen LogP contribution in [0, 0.1) is 23.6 Å². The van der Waals surface area contributed by atoms with Crippen molar-refractivity contribution in [1.82, 2.24) is 0 Å². The first-order valence-corrected chi connectivity index (χ1v) is 13.6. The number of aryl methyl sites for hydroxylation is 1. The lowest BCUT2D eigenvalue weighted by Gasteiger charge is -2.28. The highest BCUT2D eigenvalue weighted by Crippen LogP contribution is 2.37. The van der Waals surface area contributed by atoms with Crippen LogP contribution in [0.1, 0.15) is 99.3 Å². The van der Waals surface area contributed by atoms with E-state index < -0.39 is 0 Å². The highest BCUT2D eigenvalue weighted by Gasteiger charge is 2.21. The number of rotatable bonds is 9. The monoisotopic (exact) mass is 466 g/mol. The maximum Gasteiger partial charge on any atom is 0.146 e. The Balaban J connectivity index is 1.39. The van der Waals surface area contributed by atoms with E-state index in [-0.39, 0.29) is 5.82 Å². The molecule has 0 bridgehead atoms. The van der Waals surface area contributed by atoms with Gasteiger partial charge in [-0.25, -0.2) is 4.39 Å². The summed E-state index contributed by atoms with van der Waals surface area (Å²) in [5, 5.41) is 1.62. The molecule has 1 fully saturated rings. The van der Waals surface area contributed by atoms with Gasteiger partial charge >= 0.3 is 0 Å². The zero-order valence-corrected chi connectivity index (χ0v) is 21.3. The maximum absolute atomic E-state index is 15.2. The lowest BCUT2D eigenvalue weighted by molar-refractivity contribution is 0.312. The fourth-order valence-corrected chi connectivity index (χ4v) is 5.47. The van der Waals surface area contributed by atoms with Crippen LogP contribution in [0.4, 0.5) is 4.39 Å². The van der Waals surface area contributed by atoms with E-state index in [1.54, 1.807) is 0 Å². The smallest absolute Gasteiger partial charge is 0.146 e. The summed E-state index contributed by atoms with van der Waals surface area (Å²) < 4.78 is 15.2. The van der Waals surface area contributed by atoms with Gasteiger partial charge in [0.2, 0.25) is 0 Å². The highest BCUT2D eigenvalue weighted by atomic mass is 19.1.